The van der Waals surface area contributed by atoms with Gasteiger partial charge >= 0.3 is 0 Å². The van der Waals surface area contributed by atoms with E-state index in [9.17, 15) is 0 Å². The van der Waals surface area contributed by atoms with Crippen molar-refractivity contribution < 1.29 is 0 Å². The molecule has 0 aromatic carbocycles. The average molecular weight is 166 g/mol. The molecule has 2 fully saturated rings. The molecule has 2 rings (SSSR count). The zero-order valence-corrected chi connectivity index (χ0v) is 7.84. The van der Waals surface area contributed by atoms with Crippen LogP contribution in [0.1, 0.15) is 39.0 Å². The molecule has 2 nitrogen and oxygen atoms in total. The van der Waals surface area contributed by atoms with Crippen molar-refractivity contribution in [1.82, 2.24) is 4.90 Å². The average Bonchev–Trinajstić information content (AvgIpc) is 2.59. The van der Waals surface area contributed by atoms with Gasteiger partial charge in [0.2, 0.25) is 0 Å². The van der Waals surface area contributed by atoms with E-state index in [1.54, 1.807) is 0 Å². The Morgan fingerprint density at radius 3 is 2.67 bits per heavy atom. The monoisotopic (exact) mass is 166 g/mol. The summed E-state index contributed by atoms with van der Waals surface area (Å²) in [6.07, 6.45) is 6.29. The van der Waals surface area contributed by atoms with Crippen molar-refractivity contribution in [3.05, 3.63) is 0 Å². The van der Waals surface area contributed by atoms with E-state index in [0.29, 0.717) is 6.04 Å². The Morgan fingerprint density at radius 1 is 1.33 bits per heavy atom. The van der Waals surface area contributed by atoms with Crippen LogP contribution in [0.4, 0.5) is 0 Å². The van der Waals surface area contributed by atoms with E-state index in [1.807, 2.05) is 0 Å². The number of rotatable bonds is 1. The zero-order chi connectivity index (χ0) is 8.55. The van der Waals surface area contributed by atoms with Crippen LogP contribution in [0.5, 0.6) is 0 Å². The molecule has 0 aromatic heterocycles. The van der Waals surface area contributed by atoms with Crippen molar-refractivity contribution in [2.75, 3.05) is 6.54 Å². The van der Waals surface area contributed by atoms with E-state index >= 15 is 0 Å². The van der Waals surface area contributed by atoms with Crippen LogP contribution >= 0.6 is 0 Å². The number of amidine groups is 1. The normalized spacial score (nSPS) is 36.4. The van der Waals surface area contributed by atoms with Crippen molar-refractivity contribution in [3.63, 3.8) is 0 Å². The van der Waals surface area contributed by atoms with Gasteiger partial charge in [0.25, 0.3) is 0 Å². The second-order valence-electron chi connectivity index (χ2n) is 4.22. The molecule has 0 radical (unpaired) electrons. The fraction of sp³-hybridized carbons (Fsp3) is 0.900. The molecule has 1 saturated carbocycles. The topological polar surface area (TPSA) is 27.1 Å². The van der Waals surface area contributed by atoms with Crippen LogP contribution in [0.3, 0.4) is 0 Å². The molecular weight excluding hydrogens is 148 g/mol. The van der Waals surface area contributed by atoms with Gasteiger partial charge in [-0.25, -0.2) is 0 Å². The number of hydrogen-bond acceptors (Lipinski definition) is 1. The third-order valence-electron chi connectivity index (χ3n) is 3.38. The summed E-state index contributed by atoms with van der Waals surface area (Å²) < 4.78 is 0. The summed E-state index contributed by atoms with van der Waals surface area (Å²) in [6.45, 7) is 3.48. The van der Waals surface area contributed by atoms with Crippen molar-refractivity contribution in [2.45, 2.75) is 45.1 Å². The van der Waals surface area contributed by atoms with Crippen LogP contribution in [0, 0.1) is 11.3 Å². The molecule has 2 heteroatoms. The summed E-state index contributed by atoms with van der Waals surface area (Å²) in [7, 11) is 0. The summed E-state index contributed by atoms with van der Waals surface area (Å²) in [5.74, 6) is 1.72. The lowest BCUT2D eigenvalue weighted by molar-refractivity contribution is 0.281. The minimum atomic E-state index is 0.708. The highest BCUT2D eigenvalue weighted by Gasteiger charge is 2.32. The van der Waals surface area contributed by atoms with Crippen LogP contribution in [-0.2, 0) is 0 Å². The van der Waals surface area contributed by atoms with Gasteiger partial charge in [0.05, 0.1) is 5.84 Å². The van der Waals surface area contributed by atoms with Gasteiger partial charge in [0.1, 0.15) is 0 Å². The maximum Gasteiger partial charge on any atom is 0.0960 e. The molecule has 0 aromatic rings. The molecule has 1 heterocycles. The quantitative estimate of drug-likeness (QED) is 0.635. The molecule has 68 valence electrons. The third kappa shape index (κ3) is 1.23. The first kappa shape index (κ1) is 8.09. The molecule has 1 aliphatic heterocycles. The van der Waals surface area contributed by atoms with Crippen molar-refractivity contribution in [2.24, 2.45) is 5.92 Å². The van der Waals surface area contributed by atoms with Gasteiger partial charge in [0, 0.05) is 19.0 Å². The Hall–Kier alpha value is -0.530. The highest BCUT2D eigenvalue weighted by atomic mass is 15.2. The third-order valence-corrected chi connectivity index (χ3v) is 3.38. The van der Waals surface area contributed by atoms with Crippen molar-refractivity contribution in [1.29, 1.82) is 5.41 Å². The molecule has 0 bridgehead atoms. The number of hydrogen-bond donors (Lipinski definition) is 1. The molecule has 0 spiro atoms. The van der Waals surface area contributed by atoms with Crippen LogP contribution in [0.25, 0.3) is 0 Å². The fourth-order valence-electron chi connectivity index (χ4n) is 2.65. The summed E-state index contributed by atoms with van der Waals surface area (Å²) >= 11 is 0. The smallest absolute Gasteiger partial charge is 0.0960 e. The van der Waals surface area contributed by atoms with Crippen molar-refractivity contribution in [3.8, 4) is 0 Å². The Bertz CT molecular complexity index is 188. The Labute approximate surface area is 74.5 Å². The summed E-state index contributed by atoms with van der Waals surface area (Å²) in [4.78, 5) is 2.34. The van der Waals surface area contributed by atoms with Gasteiger partial charge in [0.15, 0.2) is 0 Å². The molecule has 1 N–H and O–H groups in total. The van der Waals surface area contributed by atoms with Gasteiger partial charge < -0.3 is 4.90 Å². The van der Waals surface area contributed by atoms with Gasteiger partial charge in [-0.3, -0.25) is 5.41 Å². The van der Waals surface area contributed by atoms with Crippen molar-refractivity contribution >= 4 is 5.84 Å². The number of nitrogens with one attached hydrogen (secondary N) is 1. The van der Waals surface area contributed by atoms with E-state index in [-0.39, 0.29) is 0 Å². The first-order valence-electron chi connectivity index (χ1n) is 5.13. The second-order valence-corrected chi connectivity index (χ2v) is 4.22. The first-order valence-corrected chi connectivity index (χ1v) is 5.13. The van der Waals surface area contributed by atoms with E-state index in [0.717, 1.165) is 24.7 Å². The van der Waals surface area contributed by atoms with E-state index in [2.05, 4.69) is 11.8 Å². The van der Waals surface area contributed by atoms with Crippen LogP contribution < -0.4 is 0 Å². The van der Waals surface area contributed by atoms with Gasteiger partial charge in [-0.05, 0) is 25.2 Å². The molecule has 2 aliphatic rings. The van der Waals surface area contributed by atoms with Gasteiger partial charge in [-0.2, -0.15) is 0 Å². The fourth-order valence-corrected chi connectivity index (χ4v) is 2.65. The summed E-state index contributed by atoms with van der Waals surface area (Å²) in [6, 6.07) is 0.708. The molecule has 12 heavy (non-hydrogen) atoms. The highest BCUT2D eigenvalue weighted by Crippen LogP contribution is 2.31. The first-order chi connectivity index (χ1) is 5.79. The van der Waals surface area contributed by atoms with E-state index < -0.39 is 0 Å². The highest BCUT2D eigenvalue weighted by molar-refractivity contribution is 5.81. The van der Waals surface area contributed by atoms with Gasteiger partial charge in [-0.15, -0.1) is 0 Å². The minimum absolute atomic E-state index is 0.708. The summed E-state index contributed by atoms with van der Waals surface area (Å²) in [5, 5.41) is 7.79. The molecule has 2 unspecified atom stereocenters. The Balaban J connectivity index is 2.03. The second kappa shape index (κ2) is 3.08. The van der Waals surface area contributed by atoms with Crippen LogP contribution in [0.15, 0.2) is 0 Å². The van der Waals surface area contributed by atoms with E-state index in [1.165, 1.54) is 25.7 Å². The number of likely N-dealkylation sites (tertiary alicyclic amines) is 1. The molecule has 1 aliphatic carbocycles. The SMILES string of the molecule is CC1CCCC1N1CCCC1=N. The maximum atomic E-state index is 7.79. The zero-order valence-electron chi connectivity index (χ0n) is 7.84. The minimum Gasteiger partial charge on any atom is -0.357 e. The van der Waals surface area contributed by atoms with Gasteiger partial charge in [-0.1, -0.05) is 13.3 Å². The largest absolute Gasteiger partial charge is 0.357 e. The lowest BCUT2D eigenvalue weighted by Crippen LogP contribution is -2.37. The van der Waals surface area contributed by atoms with Crippen LogP contribution in [0.2, 0.25) is 0 Å². The predicted octanol–water partition coefficient (Wildman–Crippen LogP) is 2.25. The van der Waals surface area contributed by atoms with E-state index in [4.69, 9.17) is 5.41 Å². The molecular formula is C10H18N2. The maximum absolute atomic E-state index is 7.79. The lowest BCUT2D eigenvalue weighted by atomic mass is 10.1. The Kier molecular flexibility index (Phi) is 2.07. The standard InChI is InChI=1S/C10H18N2/c1-8-4-2-5-9(8)12-7-3-6-10(12)11/h8-9,11H,2-7H2,1H3. The number of nitrogens with zero attached hydrogens (tertiary/aromatic N) is 1. The Morgan fingerprint density at radius 2 is 2.17 bits per heavy atom. The lowest BCUT2D eigenvalue weighted by Gasteiger charge is -2.29. The molecule has 2 atom stereocenters. The van der Waals surface area contributed by atoms with Crippen LogP contribution in [-0.4, -0.2) is 23.3 Å². The summed E-state index contributed by atoms with van der Waals surface area (Å²) in [5.41, 5.74) is 0. The predicted molar refractivity (Wildman–Crippen MR) is 50.5 cm³/mol. The molecule has 0 amide bonds. The molecule has 1 saturated heterocycles.